The number of nitrogens with one attached hydrogen (secondary N) is 4. The van der Waals surface area contributed by atoms with Gasteiger partial charge < -0.3 is 26.2 Å². The lowest BCUT2D eigenvalue weighted by atomic mass is 9.85. The van der Waals surface area contributed by atoms with Crippen molar-refractivity contribution in [2.24, 2.45) is 5.41 Å². The Morgan fingerprint density at radius 3 is 2.12 bits per heavy atom. The largest absolute Gasteiger partial charge is 0.349 e. The molecule has 42 heavy (non-hydrogen) atoms. The fourth-order valence-electron chi connectivity index (χ4n) is 5.08. The van der Waals surface area contributed by atoms with Crippen molar-refractivity contribution in [1.29, 1.82) is 0 Å². The summed E-state index contributed by atoms with van der Waals surface area (Å²) in [6.07, 6.45) is 10.6. The summed E-state index contributed by atoms with van der Waals surface area (Å²) < 4.78 is 0. The Morgan fingerprint density at radius 1 is 0.929 bits per heavy atom. The Balaban J connectivity index is 0.00000281. The van der Waals surface area contributed by atoms with Crippen LogP contribution in [0.25, 0.3) is 0 Å². The first-order valence-corrected chi connectivity index (χ1v) is 15.8. The SMILES string of the molecule is C=CCCNC(=O)C(=O)C(CCC=C)NC(=O)[C@@H]1CCCN1C(=O)C(NC(=O)NC1CCCCC1)C(C)(C)C.ClCCl. The molecule has 1 aliphatic carbocycles. The number of alkyl halides is 2. The van der Waals surface area contributed by atoms with Crippen molar-refractivity contribution in [2.45, 2.75) is 109 Å². The molecule has 0 spiro atoms. The van der Waals surface area contributed by atoms with Gasteiger partial charge in [-0.1, -0.05) is 52.2 Å². The van der Waals surface area contributed by atoms with Crippen LogP contribution in [0.3, 0.4) is 0 Å². The topological polar surface area (TPSA) is 137 Å². The number of hydrogen-bond acceptors (Lipinski definition) is 5. The number of amides is 5. The molecule has 0 bridgehead atoms. The fourth-order valence-corrected chi connectivity index (χ4v) is 5.08. The quantitative estimate of drug-likeness (QED) is 0.105. The minimum Gasteiger partial charge on any atom is -0.349 e. The third-order valence-corrected chi connectivity index (χ3v) is 7.32. The number of carbonyl (C=O) groups excluding carboxylic acids is 5. The zero-order chi connectivity index (χ0) is 31.7. The second-order valence-corrected chi connectivity index (χ2v) is 12.5. The van der Waals surface area contributed by atoms with Gasteiger partial charge in [0.1, 0.15) is 12.1 Å². The highest BCUT2D eigenvalue weighted by atomic mass is 35.5. The Kier molecular flexibility index (Phi) is 17.4. The summed E-state index contributed by atoms with van der Waals surface area (Å²) in [4.78, 5) is 66.6. The predicted molar refractivity (Wildman–Crippen MR) is 167 cm³/mol. The van der Waals surface area contributed by atoms with Crippen molar-refractivity contribution in [2.75, 3.05) is 18.4 Å². The van der Waals surface area contributed by atoms with Crippen molar-refractivity contribution >= 4 is 52.7 Å². The Hall–Kier alpha value is -2.59. The molecule has 12 heteroatoms. The third kappa shape index (κ3) is 12.7. The average Bonchev–Trinajstić information content (AvgIpc) is 3.44. The number of Topliss-reactive ketones (excluding diaryl/α,β-unsaturated/α-hetero) is 1. The Morgan fingerprint density at radius 2 is 1.55 bits per heavy atom. The lowest BCUT2D eigenvalue weighted by molar-refractivity contribution is -0.143. The minimum atomic E-state index is -1.03. The van der Waals surface area contributed by atoms with E-state index in [1.807, 2.05) is 20.8 Å². The molecule has 1 heterocycles. The van der Waals surface area contributed by atoms with Gasteiger partial charge in [0.25, 0.3) is 5.91 Å². The molecule has 0 aromatic carbocycles. The molecule has 0 aromatic heterocycles. The highest BCUT2D eigenvalue weighted by molar-refractivity contribution is 6.40. The van der Waals surface area contributed by atoms with E-state index in [9.17, 15) is 24.0 Å². The van der Waals surface area contributed by atoms with Gasteiger partial charge in [-0.25, -0.2) is 4.79 Å². The van der Waals surface area contributed by atoms with Gasteiger partial charge >= 0.3 is 6.03 Å². The van der Waals surface area contributed by atoms with Gasteiger partial charge in [0.05, 0.1) is 11.4 Å². The van der Waals surface area contributed by atoms with Crippen LogP contribution in [0.1, 0.15) is 85.0 Å². The molecule has 238 valence electrons. The van der Waals surface area contributed by atoms with Crippen LogP contribution >= 0.6 is 23.2 Å². The first-order chi connectivity index (χ1) is 19.9. The number of urea groups is 1. The van der Waals surface area contributed by atoms with Gasteiger partial charge in [-0.05, 0) is 50.4 Å². The molecule has 0 radical (unpaired) electrons. The lowest BCUT2D eigenvalue weighted by Gasteiger charge is -2.36. The van der Waals surface area contributed by atoms with Crippen LogP contribution in [0.15, 0.2) is 25.3 Å². The summed E-state index contributed by atoms with van der Waals surface area (Å²) in [5.41, 5.74) is -0.601. The maximum Gasteiger partial charge on any atom is 0.315 e. The molecule has 10 nitrogen and oxygen atoms in total. The summed E-state index contributed by atoms with van der Waals surface area (Å²) in [7, 11) is 0. The Bertz CT molecular complexity index is 934. The van der Waals surface area contributed by atoms with Gasteiger partial charge in [0.15, 0.2) is 0 Å². The zero-order valence-electron chi connectivity index (χ0n) is 25.3. The standard InChI is InChI=1S/C29H47N5O5.CH2Cl2/c1-6-8-16-21(23(35)26(37)30-18-9-7-2)32-25(36)22-17-13-19-34(22)27(38)24(29(3,4)5)33-28(39)31-20-14-11-10-12-15-20;2-1-3/h6-7,20-22,24H,1-2,8-19H2,3-5H3,(H,30,37)(H,32,36)(H2,31,33,39);1H2/t21?,22-,24?;/m0./s1. The molecule has 1 aliphatic heterocycles. The van der Waals surface area contributed by atoms with Crippen LogP contribution in [-0.2, 0) is 19.2 Å². The van der Waals surface area contributed by atoms with E-state index >= 15 is 0 Å². The fraction of sp³-hybridized carbons (Fsp3) is 0.700. The number of allylic oxidation sites excluding steroid dienone is 1. The van der Waals surface area contributed by atoms with Crippen molar-refractivity contribution < 1.29 is 24.0 Å². The van der Waals surface area contributed by atoms with Crippen LogP contribution in [0, 0.1) is 5.41 Å². The number of halogens is 2. The van der Waals surface area contributed by atoms with E-state index in [4.69, 9.17) is 23.2 Å². The molecule has 2 unspecified atom stereocenters. The lowest BCUT2D eigenvalue weighted by Crippen LogP contribution is -2.60. The molecule has 3 atom stereocenters. The van der Waals surface area contributed by atoms with E-state index in [0.29, 0.717) is 32.2 Å². The molecule has 1 saturated carbocycles. The smallest absolute Gasteiger partial charge is 0.315 e. The summed E-state index contributed by atoms with van der Waals surface area (Å²) >= 11 is 9.53. The molecule has 4 N–H and O–H groups in total. The van der Waals surface area contributed by atoms with E-state index in [-0.39, 0.29) is 36.3 Å². The van der Waals surface area contributed by atoms with Crippen molar-refractivity contribution in [3.8, 4) is 0 Å². The summed E-state index contributed by atoms with van der Waals surface area (Å²) in [5, 5.41) is 11.3. The number of carbonyl (C=O) groups is 5. The Labute approximate surface area is 260 Å². The van der Waals surface area contributed by atoms with Crippen LogP contribution < -0.4 is 21.3 Å². The minimum absolute atomic E-state index is 0.0961. The van der Waals surface area contributed by atoms with Crippen molar-refractivity contribution in [3.05, 3.63) is 25.3 Å². The van der Waals surface area contributed by atoms with Crippen LogP contribution in [0.5, 0.6) is 0 Å². The average molecular weight is 631 g/mol. The third-order valence-electron chi connectivity index (χ3n) is 7.32. The number of nitrogens with zero attached hydrogens (tertiary/aromatic N) is 1. The normalized spacial score (nSPS) is 18.4. The van der Waals surface area contributed by atoms with Gasteiger partial charge in [-0.2, -0.15) is 0 Å². The van der Waals surface area contributed by atoms with E-state index in [1.165, 1.54) is 11.3 Å². The zero-order valence-corrected chi connectivity index (χ0v) is 26.8. The molecule has 2 rings (SSSR count). The molecule has 1 saturated heterocycles. The van der Waals surface area contributed by atoms with Crippen molar-refractivity contribution in [1.82, 2.24) is 26.2 Å². The first kappa shape index (κ1) is 37.4. The summed E-state index contributed by atoms with van der Waals surface area (Å²) in [6, 6.07) is -2.96. The van der Waals surface area contributed by atoms with Crippen LogP contribution in [-0.4, -0.2) is 77.0 Å². The first-order valence-electron chi connectivity index (χ1n) is 14.7. The van der Waals surface area contributed by atoms with E-state index in [1.54, 1.807) is 12.2 Å². The maximum atomic E-state index is 13.7. The van der Waals surface area contributed by atoms with Crippen LogP contribution in [0.4, 0.5) is 4.79 Å². The molecule has 0 aromatic rings. The molecule has 2 aliphatic rings. The van der Waals surface area contributed by atoms with E-state index < -0.39 is 41.1 Å². The van der Waals surface area contributed by atoms with Gasteiger partial charge in [0.2, 0.25) is 17.6 Å². The highest BCUT2D eigenvalue weighted by Gasteiger charge is 2.42. The van der Waals surface area contributed by atoms with Gasteiger partial charge in [-0.15, -0.1) is 36.4 Å². The molecule has 5 amide bonds. The second kappa shape index (κ2) is 19.6. The highest BCUT2D eigenvalue weighted by Crippen LogP contribution is 2.26. The second-order valence-electron chi connectivity index (χ2n) is 11.7. The van der Waals surface area contributed by atoms with Gasteiger partial charge in [-0.3, -0.25) is 19.2 Å². The van der Waals surface area contributed by atoms with Gasteiger partial charge in [0, 0.05) is 19.1 Å². The number of rotatable bonds is 13. The summed E-state index contributed by atoms with van der Waals surface area (Å²) in [5.74, 6) is -2.33. The summed E-state index contributed by atoms with van der Waals surface area (Å²) in [6.45, 7) is 13.5. The molecular weight excluding hydrogens is 581 g/mol. The monoisotopic (exact) mass is 629 g/mol. The van der Waals surface area contributed by atoms with Crippen LogP contribution in [0.2, 0.25) is 0 Å². The molecular formula is C30H49Cl2N5O5. The number of likely N-dealkylation sites (tertiary alicyclic amines) is 1. The predicted octanol–water partition coefficient (Wildman–Crippen LogP) is 4.16. The molecule has 2 fully saturated rings. The van der Waals surface area contributed by atoms with Crippen molar-refractivity contribution in [3.63, 3.8) is 0 Å². The maximum absolute atomic E-state index is 13.7. The number of hydrogen-bond donors (Lipinski definition) is 4. The van der Waals surface area contributed by atoms with E-state index in [2.05, 4.69) is 34.4 Å². The number of ketones is 1. The van der Waals surface area contributed by atoms with E-state index in [0.717, 1.165) is 25.7 Å².